The van der Waals surface area contributed by atoms with Crippen molar-refractivity contribution in [3.63, 3.8) is 0 Å². The summed E-state index contributed by atoms with van der Waals surface area (Å²) in [5.41, 5.74) is -0.521. The van der Waals surface area contributed by atoms with E-state index in [4.69, 9.17) is 11.6 Å². The van der Waals surface area contributed by atoms with E-state index in [1.807, 2.05) is 0 Å². The monoisotopic (exact) mass is 286 g/mol. The van der Waals surface area contributed by atoms with Crippen LogP contribution in [0.4, 0.5) is 10.1 Å². The number of amides is 1. The van der Waals surface area contributed by atoms with E-state index in [0.717, 1.165) is 31.0 Å². The molecule has 0 saturated carbocycles. The van der Waals surface area contributed by atoms with E-state index in [1.165, 1.54) is 4.90 Å². The number of benzene rings is 1. The van der Waals surface area contributed by atoms with Crippen LogP contribution in [0, 0.1) is 15.9 Å². The summed E-state index contributed by atoms with van der Waals surface area (Å²) in [5, 5.41) is 10.5. The van der Waals surface area contributed by atoms with Crippen LogP contribution in [0.3, 0.4) is 0 Å². The van der Waals surface area contributed by atoms with Crippen LogP contribution in [0.15, 0.2) is 18.2 Å². The third kappa shape index (κ3) is 2.68. The van der Waals surface area contributed by atoms with Gasteiger partial charge in [0.05, 0.1) is 16.6 Å². The van der Waals surface area contributed by atoms with Crippen molar-refractivity contribution in [3.05, 3.63) is 39.7 Å². The zero-order chi connectivity index (χ0) is 14.0. The third-order valence-electron chi connectivity index (χ3n) is 3.21. The number of carbonyl (C=O) groups is 1. The number of alkyl halides is 1. The van der Waals surface area contributed by atoms with Crippen LogP contribution >= 0.6 is 11.6 Å². The minimum Gasteiger partial charge on any atom is -0.334 e. The van der Waals surface area contributed by atoms with Gasteiger partial charge < -0.3 is 4.90 Å². The van der Waals surface area contributed by atoms with Gasteiger partial charge >= 0.3 is 0 Å². The Morgan fingerprint density at radius 1 is 1.58 bits per heavy atom. The van der Waals surface area contributed by atoms with Gasteiger partial charge in [0.2, 0.25) is 0 Å². The molecule has 1 aromatic carbocycles. The second-order valence-corrected chi connectivity index (χ2v) is 4.68. The molecule has 0 aromatic heterocycles. The highest BCUT2D eigenvalue weighted by molar-refractivity contribution is 6.18. The number of rotatable bonds is 3. The maximum atomic E-state index is 13.8. The quantitative estimate of drug-likeness (QED) is 0.487. The molecular weight excluding hydrogens is 275 g/mol. The van der Waals surface area contributed by atoms with Crippen LogP contribution in [0.2, 0.25) is 0 Å². The van der Waals surface area contributed by atoms with Gasteiger partial charge in [0.25, 0.3) is 11.6 Å². The number of halogens is 2. The van der Waals surface area contributed by atoms with E-state index in [0.29, 0.717) is 12.4 Å². The Bertz CT molecular complexity index is 524. The normalized spacial score (nSPS) is 18.6. The number of hydrogen-bond acceptors (Lipinski definition) is 3. The Kier molecular flexibility index (Phi) is 3.99. The van der Waals surface area contributed by atoms with Crippen LogP contribution in [0.25, 0.3) is 0 Å². The molecule has 1 aromatic rings. The van der Waals surface area contributed by atoms with Gasteiger partial charge in [-0.3, -0.25) is 14.9 Å². The number of nitro groups is 1. The van der Waals surface area contributed by atoms with Gasteiger partial charge in [-0.2, -0.15) is 0 Å². The first-order valence-corrected chi connectivity index (χ1v) is 6.39. The zero-order valence-electron chi connectivity index (χ0n) is 10.0. The van der Waals surface area contributed by atoms with Gasteiger partial charge in [-0.1, -0.05) is 0 Å². The van der Waals surface area contributed by atoms with Gasteiger partial charge in [0, 0.05) is 24.5 Å². The van der Waals surface area contributed by atoms with Gasteiger partial charge in [0.1, 0.15) is 5.82 Å². The van der Waals surface area contributed by atoms with Crippen LogP contribution < -0.4 is 0 Å². The lowest BCUT2D eigenvalue weighted by Gasteiger charge is -2.23. The molecule has 1 saturated heterocycles. The molecule has 102 valence electrons. The lowest BCUT2D eigenvalue weighted by atomic mass is 10.1. The fraction of sp³-hybridized carbons (Fsp3) is 0.417. The molecule has 1 aliphatic rings. The fourth-order valence-corrected chi connectivity index (χ4v) is 2.53. The molecule has 5 nitrogen and oxygen atoms in total. The van der Waals surface area contributed by atoms with E-state index in [2.05, 4.69) is 0 Å². The largest absolute Gasteiger partial charge is 0.334 e. The number of nitro benzene ring substituents is 1. The van der Waals surface area contributed by atoms with Crippen LogP contribution in [0.5, 0.6) is 0 Å². The summed E-state index contributed by atoms with van der Waals surface area (Å²) in [6, 6.07) is 2.95. The van der Waals surface area contributed by atoms with E-state index in [-0.39, 0.29) is 17.3 Å². The van der Waals surface area contributed by atoms with Crippen LogP contribution in [-0.4, -0.2) is 34.2 Å². The van der Waals surface area contributed by atoms with Gasteiger partial charge in [-0.25, -0.2) is 4.39 Å². The summed E-state index contributed by atoms with van der Waals surface area (Å²) in [6.45, 7) is 0.534. The predicted molar refractivity (Wildman–Crippen MR) is 67.8 cm³/mol. The Morgan fingerprint density at radius 3 is 2.89 bits per heavy atom. The molecule has 0 N–H and O–H groups in total. The first kappa shape index (κ1) is 13.7. The smallest absolute Gasteiger partial charge is 0.272 e. The summed E-state index contributed by atoms with van der Waals surface area (Å²) < 4.78 is 13.8. The maximum absolute atomic E-state index is 13.8. The van der Waals surface area contributed by atoms with Gasteiger partial charge in [-0.05, 0) is 18.9 Å². The van der Waals surface area contributed by atoms with E-state index >= 15 is 0 Å². The van der Waals surface area contributed by atoms with Crippen LogP contribution in [0.1, 0.15) is 23.2 Å². The van der Waals surface area contributed by atoms with Crippen molar-refractivity contribution >= 4 is 23.2 Å². The average Bonchev–Trinajstić information content (AvgIpc) is 2.85. The predicted octanol–water partition coefficient (Wildman–Crippen LogP) is 2.58. The van der Waals surface area contributed by atoms with Crippen molar-refractivity contribution in [1.82, 2.24) is 4.90 Å². The molecule has 0 spiro atoms. The molecule has 2 rings (SSSR count). The number of non-ortho nitro benzene ring substituents is 1. The minimum absolute atomic E-state index is 0.0937. The Morgan fingerprint density at radius 2 is 2.32 bits per heavy atom. The fourth-order valence-electron chi connectivity index (χ4n) is 2.21. The standard InChI is InChI=1S/C12H12ClFN2O3/c13-7-9-2-1-5-15(9)12(17)10-4-3-8(16(18)19)6-11(10)14/h3-4,6,9H,1-2,5,7H2. The molecule has 1 fully saturated rings. The van der Waals surface area contributed by atoms with E-state index in [9.17, 15) is 19.3 Å². The molecule has 1 unspecified atom stereocenters. The highest BCUT2D eigenvalue weighted by Gasteiger charge is 2.30. The molecule has 19 heavy (non-hydrogen) atoms. The second kappa shape index (κ2) is 5.52. The summed E-state index contributed by atoms with van der Waals surface area (Å²) in [5.74, 6) is -1.03. The number of nitrogens with zero attached hydrogens (tertiary/aromatic N) is 2. The van der Waals surface area contributed by atoms with E-state index in [1.54, 1.807) is 0 Å². The minimum atomic E-state index is -0.876. The third-order valence-corrected chi connectivity index (χ3v) is 3.57. The molecular formula is C12H12ClFN2O3. The Balaban J connectivity index is 2.26. The molecule has 1 amide bonds. The summed E-state index contributed by atoms with van der Waals surface area (Å²) in [6.07, 6.45) is 1.63. The number of hydrogen-bond donors (Lipinski definition) is 0. The summed E-state index contributed by atoms with van der Waals surface area (Å²) in [4.78, 5) is 23.5. The molecule has 1 heterocycles. The highest BCUT2D eigenvalue weighted by Crippen LogP contribution is 2.24. The average molecular weight is 287 g/mol. The van der Waals surface area contributed by atoms with Crippen molar-refractivity contribution in [3.8, 4) is 0 Å². The van der Waals surface area contributed by atoms with Gasteiger partial charge in [0.15, 0.2) is 0 Å². The Labute approximate surface area is 114 Å². The van der Waals surface area contributed by atoms with Crippen molar-refractivity contribution in [2.45, 2.75) is 18.9 Å². The van der Waals surface area contributed by atoms with Crippen LogP contribution in [-0.2, 0) is 0 Å². The molecule has 1 aliphatic heterocycles. The van der Waals surface area contributed by atoms with Crippen molar-refractivity contribution in [1.29, 1.82) is 0 Å². The van der Waals surface area contributed by atoms with E-state index < -0.39 is 16.6 Å². The number of likely N-dealkylation sites (tertiary alicyclic amines) is 1. The SMILES string of the molecule is O=C(c1ccc([N+](=O)[O-])cc1F)N1CCCC1CCl. The first-order chi connectivity index (χ1) is 9.04. The summed E-state index contributed by atoms with van der Waals surface area (Å²) >= 11 is 5.76. The zero-order valence-corrected chi connectivity index (χ0v) is 10.8. The maximum Gasteiger partial charge on any atom is 0.272 e. The van der Waals surface area contributed by atoms with Crippen molar-refractivity contribution < 1.29 is 14.1 Å². The molecule has 0 aliphatic carbocycles. The summed E-state index contributed by atoms with van der Waals surface area (Å²) in [7, 11) is 0. The molecule has 0 radical (unpaired) electrons. The molecule has 7 heteroatoms. The lowest BCUT2D eigenvalue weighted by molar-refractivity contribution is -0.385. The first-order valence-electron chi connectivity index (χ1n) is 5.85. The highest BCUT2D eigenvalue weighted by atomic mass is 35.5. The molecule has 0 bridgehead atoms. The molecule has 1 atom stereocenters. The van der Waals surface area contributed by atoms with Gasteiger partial charge in [-0.15, -0.1) is 11.6 Å². The lowest BCUT2D eigenvalue weighted by Crippen LogP contribution is -2.37. The van der Waals surface area contributed by atoms with Crippen molar-refractivity contribution in [2.75, 3.05) is 12.4 Å². The number of carbonyl (C=O) groups excluding carboxylic acids is 1. The van der Waals surface area contributed by atoms with Crippen molar-refractivity contribution in [2.24, 2.45) is 0 Å². The Hall–Kier alpha value is -1.69. The second-order valence-electron chi connectivity index (χ2n) is 4.37. The topological polar surface area (TPSA) is 63.4 Å².